The molecule has 4 rings (SSSR count). The second-order valence-electron chi connectivity index (χ2n) is 8.51. The highest BCUT2D eigenvalue weighted by Gasteiger charge is 2.25. The van der Waals surface area contributed by atoms with Crippen molar-refractivity contribution in [2.24, 2.45) is 0 Å². The smallest absolute Gasteiger partial charge is 0.254 e. The largest absolute Gasteiger partial charge is 0.457 e. The van der Waals surface area contributed by atoms with E-state index >= 15 is 0 Å². The zero-order chi connectivity index (χ0) is 22.5. The fourth-order valence-electron chi connectivity index (χ4n) is 4.55. The summed E-state index contributed by atoms with van der Waals surface area (Å²) in [5, 5.41) is 0. The molecular weight excluding hydrogens is 402 g/mol. The fourth-order valence-corrected chi connectivity index (χ4v) is 4.55. The SMILES string of the molecule is CCN(CC)C(=O)c1ccc(Oc2ccc3c(c2)CCN(CCN2CCCC2)C3=O)cc1. The van der Waals surface area contributed by atoms with Gasteiger partial charge in [0, 0.05) is 43.9 Å². The summed E-state index contributed by atoms with van der Waals surface area (Å²) in [4.78, 5) is 31.6. The summed E-state index contributed by atoms with van der Waals surface area (Å²) >= 11 is 0. The summed E-state index contributed by atoms with van der Waals surface area (Å²) in [6.45, 7) is 10.2. The summed E-state index contributed by atoms with van der Waals surface area (Å²) < 4.78 is 6.01. The van der Waals surface area contributed by atoms with Crippen LogP contribution in [-0.4, -0.2) is 72.3 Å². The maximum absolute atomic E-state index is 12.9. The summed E-state index contributed by atoms with van der Waals surface area (Å²) in [6, 6.07) is 13.0. The molecule has 2 aromatic carbocycles. The van der Waals surface area contributed by atoms with Crippen molar-refractivity contribution in [3.8, 4) is 11.5 Å². The standard InChI is InChI=1S/C26H33N3O3/c1-3-28(4-2)25(30)20-7-9-22(10-8-20)32-23-11-12-24-21(19-23)13-16-29(26(24)31)18-17-27-14-5-6-15-27/h7-12,19H,3-6,13-18H2,1-2H3. The molecule has 2 heterocycles. The van der Waals surface area contributed by atoms with Crippen LogP contribution in [0.3, 0.4) is 0 Å². The molecule has 2 aliphatic rings. The minimum Gasteiger partial charge on any atom is -0.457 e. The summed E-state index contributed by atoms with van der Waals surface area (Å²) in [6.07, 6.45) is 3.39. The molecule has 0 radical (unpaired) electrons. The molecule has 1 fully saturated rings. The van der Waals surface area contributed by atoms with E-state index in [-0.39, 0.29) is 11.8 Å². The molecule has 2 amide bonds. The van der Waals surface area contributed by atoms with Crippen molar-refractivity contribution < 1.29 is 14.3 Å². The molecule has 0 bridgehead atoms. The predicted octanol–water partition coefficient (Wildman–Crippen LogP) is 4.06. The third-order valence-electron chi connectivity index (χ3n) is 6.52. The Balaban J connectivity index is 1.38. The number of carbonyl (C=O) groups is 2. The van der Waals surface area contributed by atoms with Gasteiger partial charge in [0.2, 0.25) is 0 Å². The second-order valence-corrected chi connectivity index (χ2v) is 8.51. The van der Waals surface area contributed by atoms with Crippen LogP contribution in [0.1, 0.15) is 53.0 Å². The van der Waals surface area contributed by atoms with Crippen LogP contribution < -0.4 is 4.74 Å². The van der Waals surface area contributed by atoms with E-state index in [4.69, 9.17) is 4.74 Å². The minimum atomic E-state index is 0.0307. The van der Waals surface area contributed by atoms with Crippen LogP contribution in [0.4, 0.5) is 0 Å². The number of nitrogens with zero attached hydrogens (tertiary/aromatic N) is 3. The van der Waals surface area contributed by atoms with E-state index in [9.17, 15) is 9.59 Å². The maximum Gasteiger partial charge on any atom is 0.254 e. The van der Waals surface area contributed by atoms with Crippen LogP contribution in [0.2, 0.25) is 0 Å². The average molecular weight is 436 g/mol. The van der Waals surface area contributed by atoms with Crippen LogP contribution >= 0.6 is 0 Å². The van der Waals surface area contributed by atoms with Crippen molar-refractivity contribution in [1.29, 1.82) is 0 Å². The zero-order valence-electron chi connectivity index (χ0n) is 19.2. The molecule has 1 saturated heterocycles. The van der Waals surface area contributed by atoms with Crippen molar-refractivity contribution in [3.05, 3.63) is 59.2 Å². The molecule has 0 spiro atoms. The highest BCUT2D eigenvalue weighted by molar-refractivity contribution is 5.97. The molecular formula is C26H33N3O3. The second kappa shape index (κ2) is 10.2. The number of hydrogen-bond acceptors (Lipinski definition) is 4. The quantitative estimate of drug-likeness (QED) is 0.628. The van der Waals surface area contributed by atoms with Crippen LogP contribution in [-0.2, 0) is 6.42 Å². The van der Waals surface area contributed by atoms with E-state index in [0.717, 1.165) is 50.3 Å². The number of benzene rings is 2. The van der Waals surface area contributed by atoms with E-state index < -0.39 is 0 Å². The third-order valence-corrected chi connectivity index (χ3v) is 6.52. The topological polar surface area (TPSA) is 53.1 Å². The van der Waals surface area contributed by atoms with Gasteiger partial charge in [0.05, 0.1) is 0 Å². The monoisotopic (exact) mass is 435 g/mol. The van der Waals surface area contributed by atoms with Crippen molar-refractivity contribution in [3.63, 3.8) is 0 Å². The molecule has 0 unspecified atom stereocenters. The number of rotatable bonds is 8. The Hall–Kier alpha value is -2.86. The Morgan fingerprint density at radius 3 is 2.31 bits per heavy atom. The van der Waals surface area contributed by atoms with Gasteiger partial charge in [0.1, 0.15) is 11.5 Å². The van der Waals surface area contributed by atoms with Gasteiger partial charge in [-0.1, -0.05) is 0 Å². The van der Waals surface area contributed by atoms with Gasteiger partial charge in [-0.3, -0.25) is 9.59 Å². The third kappa shape index (κ3) is 4.96. The molecule has 0 N–H and O–H groups in total. The van der Waals surface area contributed by atoms with E-state index in [1.165, 1.54) is 12.8 Å². The molecule has 32 heavy (non-hydrogen) atoms. The van der Waals surface area contributed by atoms with E-state index in [1.54, 1.807) is 17.0 Å². The van der Waals surface area contributed by atoms with Gasteiger partial charge >= 0.3 is 0 Å². The van der Waals surface area contributed by atoms with Crippen molar-refractivity contribution in [2.75, 3.05) is 45.8 Å². The minimum absolute atomic E-state index is 0.0307. The van der Waals surface area contributed by atoms with Crippen molar-refractivity contribution in [2.45, 2.75) is 33.1 Å². The summed E-state index contributed by atoms with van der Waals surface area (Å²) in [5.41, 5.74) is 2.48. The molecule has 2 aromatic rings. The molecule has 6 nitrogen and oxygen atoms in total. The lowest BCUT2D eigenvalue weighted by atomic mass is 9.98. The first-order valence-corrected chi connectivity index (χ1v) is 11.8. The summed E-state index contributed by atoms with van der Waals surface area (Å²) in [5.74, 6) is 1.54. The van der Waals surface area contributed by atoms with Gasteiger partial charge in [-0.05, 0) is 94.2 Å². The average Bonchev–Trinajstić information content (AvgIpc) is 3.33. The van der Waals surface area contributed by atoms with E-state index in [0.29, 0.717) is 30.2 Å². The summed E-state index contributed by atoms with van der Waals surface area (Å²) in [7, 11) is 0. The molecule has 170 valence electrons. The lowest BCUT2D eigenvalue weighted by Crippen LogP contribution is -2.42. The van der Waals surface area contributed by atoms with Crippen molar-refractivity contribution in [1.82, 2.24) is 14.7 Å². The van der Waals surface area contributed by atoms with Gasteiger partial charge in [-0.15, -0.1) is 0 Å². The molecule has 0 aliphatic carbocycles. The first kappa shape index (κ1) is 22.3. The Morgan fingerprint density at radius 1 is 0.938 bits per heavy atom. The molecule has 6 heteroatoms. The molecule has 0 atom stereocenters. The Morgan fingerprint density at radius 2 is 1.62 bits per heavy atom. The number of fused-ring (bicyclic) bond motifs is 1. The number of hydrogen-bond donors (Lipinski definition) is 0. The van der Waals surface area contributed by atoms with Gasteiger partial charge < -0.3 is 19.4 Å². The van der Waals surface area contributed by atoms with Gasteiger partial charge in [-0.2, -0.15) is 0 Å². The Labute approximate surface area is 190 Å². The van der Waals surface area contributed by atoms with Gasteiger partial charge in [-0.25, -0.2) is 0 Å². The van der Waals surface area contributed by atoms with Crippen LogP contribution in [0.15, 0.2) is 42.5 Å². The highest BCUT2D eigenvalue weighted by atomic mass is 16.5. The highest BCUT2D eigenvalue weighted by Crippen LogP contribution is 2.28. The predicted molar refractivity (Wildman–Crippen MR) is 125 cm³/mol. The molecule has 2 aliphatic heterocycles. The number of likely N-dealkylation sites (tertiary alicyclic amines) is 1. The van der Waals surface area contributed by atoms with Gasteiger partial charge in [0.15, 0.2) is 0 Å². The van der Waals surface area contributed by atoms with Crippen LogP contribution in [0, 0.1) is 0 Å². The number of carbonyl (C=O) groups excluding carboxylic acids is 2. The van der Waals surface area contributed by atoms with Crippen LogP contribution in [0.5, 0.6) is 11.5 Å². The normalized spacial score (nSPS) is 16.2. The maximum atomic E-state index is 12.9. The van der Waals surface area contributed by atoms with E-state index in [2.05, 4.69) is 4.90 Å². The number of ether oxygens (including phenoxy) is 1. The fraction of sp³-hybridized carbons (Fsp3) is 0.462. The first-order valence-electron chi connectivity index (χ1n) is 11.8. The van der Waals surface area contributed by atoms with E-state index in [1.807, 2.05) is 49.1 Å². The first-order chi connectivity index (χ1) is 15.6. The molecule has 0 aromatic heterocycles. The van der Waals surface area contributed by atoms with Gasteiger partial charge in [0.25, 0.3) is 11.8 Å². The lowest BCUT2D eigenvalue weighted by Gasteiger charge is -2.30. The Bertz CT molecular complexity index is 947. The number of amides is 2. The van der Waals surface area contributed by atoms with Crippen molar-refractivity contribution >= 4 is 11.8 Å². The Kier molecular flexibility index (Phi) is 7.10. The van der Waals surface area contributed by atoms with Crippen LogP contribution in [0.25, 0.3) is 0 Å². The lowest BCUT2D eigenvalue weighted by molar-refractivity contribution is 0.0723. The zero-order valence-corrected chi connectivity index (χ0v) is 19.2. The molecule has 0 saturated carbocycles.